The van der Waals surface area contributed by atoms with Gasteiger partial charge >= 0.3 is 0 Å². The van der Waals surface area contributed by atoms with Gasteiger partial charge in [-0.2, -0.15) is 0 Å². The maximum atomic E-state index is 11.7. The van der Waals surface area contributed by atoms with Crippen molar-refractivity contribution in [2.24, 2.45) is 5.73 Å². The third-order valence-corrected chi connectivity index (χ3v) is 2.29. The molecule has 4 heteroatoms. The van der Waals surface area contributed by atoms with Gasteiger partial charge in [0, 0.05) is 32.1 Å². The first-order chi connectivity index (χ1) is 6.72. The molecule has 0 saturated carbocycles. The topological polar surface area (TPSA) is 49.6 Å². The molecule has 0 aromatic rings. The second-order valence-corrected chi connectivity index (χ2v) is 5.11. The van der Waals surface area contributed by atoms with Crippen molar-refractivity contribution in [1.82, 2.24) is 9.80 Å². The van der Waals surface area contributed by atoms with Crippen molar-refractivity contribution < 1.29 is 4.79 Å². The summed E-state index contributed by atoms with van der Waals surface area (Å²) < 4.78 is 0. The Morgan fingerprint density at radius 3 is 2.13 bits per heavy atom. The van der Waals surface area contributed by atoms with Gasteiger partial charge in [0.05, 0.1) is 0 Å². The third kappa shape index (κ3) is 8.39. The minimum atomic E-state index is -0.252. The normalized spacial score (nSPS) is 11.9. The lowest BCUT2D eigenvalue weighted by atomic mass is 10.00. The van der Waals surface area contributed by atoms with Crippen molar-refractivity contribution in [3.05, 3.63) is 0 Å². The van der Waals surface area contributed by atoms with Crippen LogP contribution in [0.1, 0.15) is 26.7 Å². The Morgan fingerprint density at radius 2 is 1.73 bits per heavy atom. The lowest BCUT2D eigenvalue weighted by Gasteiger charge is -2.22. The SMILES string of the molecule is CN(C)CCN(C)C(=O)CCC(C)(C)N. The van der Waals surface area contributed by atoms with Gasteiger partial charge < -0.3 is 15.5 Å². The number of likely N-dealkylation sites (N-methyl/N-ethyl adjacent to an activating group) is 2. The molecule has 1 amide bonds. The van der Waals surface area contributed by atoms with Crippen LogP contribution in [-0.4, -0.2) is 55.5 Å². The van der Waals surface area contributed by atoms with Crippen LogP contribution in [0.5, 0.6) is 0 Å². The average Bonchev–Trinajstić information content (AvgIpc) is 2.08. The van der Waals surface area contributed by atoms with E-state index in [0.29, 0.717) is 6.42 Å². The molecule has 90 valence electrons. The number of amides is 1. The molecule has 0 unspecified atom stereocenters. The zero-order chi connectivity index (χ0) is 12.1. The predicted octanol–water partition coefficient (Wildman–Crippen LogP) is 0.524. The second-order valence-electron chi connectivity index (χ2n) is 5.11. The molecule has 2 N–H and O–H groups in total. The standard InChI is InChI=1S/C11H25N3O/c1-11(2,12)7-6-10(15)14(5)9-8-13(3)4/h6-9,12H2,1-5H3. The first-order valence-electron chi connectivity index (χ1n) is 5.40. The molecular formula is C11H25N3O. The third-order valence-electron chi connectivity index (χ3n) is 2.29. The van der Waals surface area contributed by atoms with E-state index in [1.165, 1.54) is 0 Å². The Morgan fingerprint density at radius 1 is 1.20 bits per heavy atom. The van der Waals surface area contributed by atoms with Crippen LogP contribution in [0.25, 0.3) is 0 Å². The van der Waals surface area contributed by atoms with E-state index in [0.717, 1.165) is 19.5 Å². The fourth-order valence-corrected chi connectivity index (χ4v) is 1.09. The number of nitrogens with two attached hydrogens (primary N) is 1. The minimum Gasteiger partial charge on any atom is -0.344 e. The fourth-order valence-electron chi connectivity index (χ4n) is 1.09. The van der Waals surface area contributed by atoms with Gasteiger partial charge in [0.25, 0.3) is 0 Å². The minimum absolute atomic E-state index is 0.176. The summed E-state index contributed by atoms with van der Waals surface area (Å²) >= 11 is 0. The Hall–Kier alpha value is -0.610. The predicted molar refractivity (Wildman–Crippen MR) is 63.7 cm³/mol. The summed E-state index contributed by atoms with van der Waals surface area (Å²) in [5, 5.41) is 0. The summed E-state index contributed by atoms with van der Waals surface area (Å²) in [4.78, 5) is 15.5. The molecule has 0 aliphatic carbocycles. The number of carbonyl (C=O) groups excluding carboxylic acids is 1. The van der Waals surface area contributed by atoms with Gasteiger partial charge in [-0.05, 0) is 34.4 Å². The molecule has 0 aliphatic heterocycles. The molecule has 0 saturated heterocycles. The van der Waals surface area contributed by atoms with Crippen molar-refractivity contribution in [2.75, 3.05) is 34.2 Å². The highest BCUT2D eigenvalue weighted by molar-refractivity contribution is 5.75. The smallest absolute Gasteiger partial charge is 0.222 e. The molecule has 0 atom stereocenters. The van der Waals surface area contributed by atoms with Crippen LogP contribution in [0.4, 0.5) is 0 Å². The number of nitrogens with zero attached hydrogens (tertiary/aromatic N) is 2. The van der Waals surface area contributed by atoms with E-state index in [9.17, 15) is 4.79 Å². The van der Waals surface area contributed by atoms with Gasteiger partial charge in [-0.3, -0.25) is 4.79 Å². The Kier molecular flexibility index (Phi) is 5.83. The Bertz CT molecular complexity index is 196. The van der Waals surface area contributed by atoms with Crippen LogP contribution in [0.15, 0.2) is 0 Å². The highest BCUT2D eigenvalue weighted by Crippen LogP contribution is 2.08. The quantitative estimate of drug-likeness (QED) is 0.703. The van der Waals surface area contributed by atoms with Crippen LogP contribution < -0.4 is 5.73 Å². The summed E-state index contributed by atoms with van der Waals surface area (Å²) in [7, 11) is 5.85. The lowest BCUT2D eigenvalue weighted by molar-refractivity contribution is -0.130. The van der Waals surface area contributed by atoms with Crippen molar-refractivity contribution in [1.29, 1.82) is 0 Å². The van der Waals surface area contributed by atoms with Crippen molar-refractivity contribution >= 4 is 5.91 Å². The maximum absolute atomic E-state index is 11.7. The maximum Gasteiger partial charge on any atom is 0.222 e. The molecule has 15 heavy (non-hydrogen) atoms. The monoisotopic (exact) mass is 215 g/mol. The van der Waals surface area contributed by atoms with Gasteiger partial charge in [0.1, 0.15) is 0 Å². The molecule has 4 nitrogen and oxygen atoms in total. The van der Waals surface area contributed by atoms with Gasteiger partial charge in [0.2, 0.25) is 5.91 Å². The summed E-state index contributed by atoms with van der Waals surface area (Å²) in [5.41, 5.74) is 5.58. The molecular weight excluding hydrogens is 190 g/mol. The highest BCUT2D eigenvalue weighted by atomic mass is 16.2. The van der Waals surface area contributed by atoms with Gasteiger partial charge in [0.15, 0.2) is 0 Å². The van der Waals surface area contributed by atoms with Gasteiger partial charge in [-0.15, -0.1) is 0 Å². The fraction of sp³-hybridized carbons (Fsp3) is 0.909. The van der Waals surface area contributed by atoms with E-state index in [4.69, 9.17) is 5.73 Å². The molecule has 0 radical (unpaired) electrons. The number of hydrogen-bond acceptors (Lipinski definition) is 3. The van der Waals surface area contributed by atoms with E-state index in [1.807, 2.05) is 35.0 Å². The van der Waals surface area contributed by atoms with E-state index in [2.05, 4.69) is 4.90 Å². The number of carbonyl (C=O) groups is 1. The van der Waals surface area contributed by atoms with Crippen molar-refractivity contribution in [2.45, 2.75) is 32.2 Å². The van der Waals surface area contributed by atoms with Gasteiger partial charge in [-0.1, -0.05) is 0 Å². The number of hydrogen-bond donors (Lipinski definition) is 1. The molecule has 0 aromatic carbocycles. The van der Waals surface area contributed by atoms with Crippen LogP contribution in [0.2, 0.25) is 0 Å². The molecule has 0 heterocycles. The van der Waals surface area contributed by atoms with Crippen LogP contribution in [0, 0.1) is 0 Å². The zero-order valence-electron chi connectivity index (χ0n) is 10.7. The van der Waals surface area contributed by atoms with E-state index in [-0.39, 0.29) is 11.4 Å². The van der Waals surface area contributed by atoms with E-state index >= 15 is 0 Å². The van der Waals surface area contributed by atoms with Crippen molar-refractivity contribution in [3.8, 4) is 0 Å². The summed E-state index contributed by atoms with van der Waals surface area (Å²) in [6.07, 6.45) is 1.27. The van der Waals surface area contributed by atoms with Crippen molar-refractivity contribution in [3.63, 3.8) is 0 Å². The first-order valence-corrected chi connectivity index (χ1v) is 5.40. The summed E-state index contributed by atoms with van der Waals surface area (Å²) in [5.74, 6) is 0.176. The molecule has 0 rings (SSSR count). The highest BCUT2D eigenvalue weighted by Gasteiger charge is 2.15. The second kappa shape index (κ2) is 6.08. The summed E-state index contributed by atoms with van der Waals surface area (Å²) in [6, 6.07) is 0. The average molecular weight is 215 g/mol. The number of rotatable bonds is 6. The molecule has 0 aliphatic rings. The zero-order valence-corrected chi connectivity index (χ0v) is 10.7. The van der Waals surface area contributed by atoms with Crippen LogP contribution in [0.3, 0.4) is 0 Å². The first kappa shape index (κ1) is 14.4. The summed E-state index contributed by atoms with van der Waals surface area (Å²) in [6.45, 7) is 5.56. The largest absolute Gasteiger partial charge is 0.344 e. The Labute approximate surface area is 93.4 Å². The molecule has 0 bridgehead atoms. The van der Waals surface area contributed by atoms with E-state index < -0.39 is 0 Å². The van der Waals surface area contributed by atoms with Crippen LogP contribution in [-0.2, 0) is 4.79 Å². The molecule has 0 fully saturated rings. The Balaban J connectivity index is 3.80. The van der Waals surface area contributed by atoms with E-state index in [1.54, 1.807) is 4.90 Å². The van der Waals surface area contributed by atoms with Crippen LogP contribution >= 0.6 is 0 Å². The lowest BCUT2D eigenvalue weighted by Crippen LogP contribution is -2.37. The van der Waals surface area contributed by atoms with Gasteiger partial charge in [-0.25, -0.2) is 0 Å². The molecule has 0 spiro atoms. The molecule has 0 aromatic heterocycles.